The molecule has 24 heavy (non-hydrogen) atoms. The summed E-state index contributed by atoms with van der Waals surface area (Å²) in [6.07, 6.45) is 1.06. The van der Waals surface area contributed by atoms with Crippen LogP contribution >= 0.6 is 0 Å². The molecule has 9 nitrogen and oxygen atoms in total. The Hall–Kier alpha value is -2.71. The van der Waals surface area contributed by atoms with Crippen LogP contribution in [0.4, 0.5) is 0 Å². The number of benzene rings is 1. The fourth-order valence-corrected chi connectivity index (χ4v) is 2.71. The number of hydrogen-bond donors (Lipinski definition) is 1. The molecule has 1 rings (SSSR count). The molecule has 0 bridgehead atoms. The molecule has 130 valence electrons. The second-order valence-corrected chi connectivity index (χ2v) is 6.09. The predicted molar refractivity (Wildman–Crippen MR) is 91.8 cm³/mol. The Kier molecular flexibility index (Phi) is 7.09. The average molecular weight is 352 g/mol. The minimum Gasteiger partial charge on any atom is -0.497 e. The molecular weight excluding hydrogens is 332 g/mol. The van der Waals surface area contributed by atoms with Crippen molar-refractivity contribution in [3.8, 4) is 5.75 Å². The Morgan fingerprint density at radius 1 is 1.33 bits per heavy atom. The van der Waals surface area contributed by atoms with Gasteiger partial charge in [0.15, 0.2) is 0 Å². The van der Waals surface area contributed by atoms with E-state index in [1.807, 2.05) is 13.8 Å². The topological polar surface area (TPSA) is 134 Å². The average Bonchev–Trinajstić information content (AvgIpc) is 2.55. The lowest BCUT2D eigenvalue weighted by Gasteiger charge is -2.17. The van der Waals surface area contributed by atoms with Gasteiger partial charge in [0.2, 0.25) is 11.8 Å². The van der Waals surface area contributed by atoms with Crippen LogP contribution in [-0.2, 0) is 10.0 Å². The molecule has 0 unspecified atom stereocenters. The highest BCUT2D eigenvalue weighted by Gasteiger charge is 2.15. The monoisotopic (exact) mass is 352 g/mol. The van der Waals surface area contributed by atoms with E-state index < -0.39 is 16.0 Å². The first-order chi connectivity index (χ1) is 11.4. The maximum atomic E-state index is 12.2. The van der Waals surface area contributed by atoms with E-state index in [9.17, 15) is 8.42 Å². The third kappa shape index (κ3) is 5.18. The van der Waals surface area contributed by atoms with Crippen molar-refractivity contribution in [1.29, 1.82) is 0 Å². The maximum Gasteiger partial charge on any atom is 0.322 e. The molecule has 0 spiro atoms. The zero-order valence-corrected chi connectivity index (χ0v) is 14.6. The first-order valence-corrected chi connectivity index (χ1v) is 8.57. The highest BCUT2D eigenvalue weighted by Crippen LogP contribution is 2.17. The molecule has 0 heterocycles. The summed E-state index contributed by atoms with van der Waals surface area (Å²) in [7, 11) is -2.53. The smallest absolute Gasteiger partial charge is 0.322 e. The van der Waals surface area contributed by atoms with Gasteiger partial charge in [0, 0.05) is 13.1 Å². The van der Waals surface area contributed by atoms with Gasteiger partial charge in [0.1, 0.15) is 5.75 Å². The number of hydrogen-bond acceptors (Lipinski definition) is 3. The first kappa shape index (κ1) is 19.3. The third-order valence-electron chi connectivity index (χ3n) is 3.06. The molecule has 0 radical (unpaired) electrons. The fourth-order valence-electron chi connectivity index (χ4n) is 1.84. The Morgan fingerprint density at radius 3 is 2.38 bits per heavy atom. The first-order valence-electron chi connectivity index (χ1n) is 7.13. The van der Waals surface area contributed by atoms with Crippen molar-refractivity contribution < 1.29 is 17.9 Å². The van der Waals surface area contributed by atoms with E-state index in [0.29, 0.717) is 18.8 Å². The molecule has 0 fully saturated rings. The van der Waals surface area contributed by atoms with E-state index in [1.165, 1.54) is 31.4 Å². The van der Waals surface area contributed by atoms with E-state index in [0.717, 1.165) is 6.21 Å². The number of nitrogens with zero attached hydrogens (tertiary/aromatic N) is 5. The molecule has 0 saturated carbocycles. The number of nitrogens with two attached hydrogens (primary N) is 1. The Bertz CT molecular complexity index is 760. The summed E-state index contributed by atoms with van der Waals surface area (Å²) in [5.74, 6) is 0.258. The number of sulfonamides is 1. The number of amidine groups is 1. The van der Waals surface area contributed by atoms with Gasteiger partial charge >= 0.3 is 6.21 Å². The van der Waals surface area contributed by atoms with E-state index in [2.05, 4.69) is 14.2 Å². The highest BCUT2D eigenvalue weighted by molar-refractivity contribution is 7.90. The minimum absolute atomic E-state index is 0.0401. The fraction of sp³-hybridized carbons (Fsp3) is 0.357. The van der Waals surface area contributed by atoms with Crippen molar-refractivity contribution in [3.63, 3.8) is 0 Å². The zero-order valence-electron chi connectivity index (χ0n) is 13.7. The third-order valence-corrected chi connectivity index (χ3v) is 4.36. The summed E-state index contributed by atoms with van der Waals surface area (Å²) < 4.78 is 32.9. The number of aliphatic imine (C=N–C) groups is 1. The largest absolute Gasteiger partial charge is 0.497 e. The molecule has 0 saturated heterocycles. The molecule has 1 aromatic carbocycles. The van der Waals surface area contributed by atoms with Crippen LogP contribution in [0.5, 0.6) is 5.75 Å². The van der Waals surface area contributed by atoms with E-state index in [1.54, 1.807) is 4.90 Å². The van der Waals surface area contributed by atoms with Gasteiger partial charge in [-0.3, -0.25) is 0 Å². The second kappa shape index (κ2) is 8.80. The van der Waals surface area contributed by atoms with Gasteiger partial charge in [-0.05, 0) is 38.1 Å². The van der Waals surface area contributed by atoms with Crippen LogP contribution in [0.1, 0.15) is 13.8 Å². The van der Waals surface area contributed by atoms with Crippen molar-refractivity contribution in [1.82, 2.24) is 4.90 Å². The van der Waals surface area contributed by atoms with Crippen LogP contribution in [0.15, 0.2) is 38.6 Å². The molecule has 0 aromatic heterocycles. The van der Waals surface area contributed by atoms with Gasteiger partial charge in [-0.2, -0.15) is 18.2 Å². The lowest BCUT2D eigenvalue weighted by molar-refractivity contribution is 0.00577. The standard InChI is InChI=1S/C14H20N6O3S/c1-4-20(5-2)13(10-17-16)18-14(15)19-24(21,22)12-8-6-11(23-3)7-9-12/h6-10H,4-5H2,1-3H3,(H2,15,19). The van der Waals surface area contributed by atoms with E-state index in [4.69, 9.17) is 16.0 Å². The second-order valence-electron chi connectivity index (χ2n) is 4.49. The van der Waals surface area contributed by atoms with Crippen LogP contribution in [0, 0.1) is 0 Å². The number of guanidine groups is 1. The summed E-state index contributed by atoms with van der Waals surface area (Å²) in [5, 5.41) is 0. The SMILES string of the molecule is CCN(CC)C(C=[N+]=[N-])=NC(N)=NS(=O)(=O)c1ccc(OC)cc1. The summed E-state index contributed by atoms with van der Waals surface area (Å²) >= 11 is 0. The molecule has 0 aliphatic carbocycles. The van der Waals surface area contributed by atoms with Crippen LogP contribution in [0.2, 0.25) is 0 Å². The van der Waals surface area contributed by atoms with Crippen LogP contribution in [-0.4, -0.2) is 56.3 Å². The molecule has 0 aliphatic heterocycles. The van der Waals surface area contributed by atoms with Crippen molar-refractivity contribution in [2.24, 2.45) is 15.1 Å². The Labute approximate surface area is 141 Å². The molecule has 0 amide bonds. The molecule has 0 atom stereocenters. The van der Waals surface area contributed by atoms with Gasteiger partial charge in [-0.15, -0.1) is 4.40 Å². The number of methoxy groups -OCH3 is 1. The lowest BCUT2D eigenvalue weighted by Crippen LogP contribution is -2.33. The normalized spacial score (nSPS) is 12.5. The summed E-state index contributed by atoms with van der Waals surface area (Å²) in [4.78, 5) is 8.50. The highest BCUT2D eigenvalue weighted by atomic mass is 32.2. The van der Waals surface area contributed by atoms with E-state index in [-0.39, 0.29) is 10.7 Å². The predicted octanol–water partition coefficient (Wildman–Crippen LogP) is 0.740. The summed E-state index contributed by atoms with van der Waals surface area (Å²) in [6, 6.07) is 5.72. The summed E-state index contributed by atoms with van der Waals surface area (Å²) in [5.41, 5.74) is 14.3. The van der Waals surface area contributed by atoms with Crippen LogP contribution in [0.3, 0.4) is 0 Å². The van der Waals surface area contributed by atoms with Gasteiger partial charge in [0.05, 0.1) is 12.0 Å². The van der Waals surface area contributed by atoms with Gasteiger partial charge in [0.25, 0.3) is 10.0 Å². The van der Waals surface area contributed by atoms with Crippen LogP contribution < -0.4 is 10.5 Å². The van der Waals surface area contributed by atoms with Crippen LogP contribution in [0.25, 0.3) is 5.53 Å². The van der Waals surface area contributed by atoms with Gasteiger partial charge in [-0.25, -0.2) is 0 Å². The molecule has 1 aromatic rings. The Balaban J connectivity index is 3.19. The quantitative estimate of drug-likeness (QED) is 0.349. The van der Waals surface area contributed by atoms with E-state index >= 15 is 0 Å². The lowest BCUT2D eigenvalue weighted by atomic mass is 10.3. The van der Waals surface area contributed by atoms with Crippen molar-refractivity contribution in [3.05, 3.63) is 29.8 Å². The Morgan fingerprint density at radius 2 is 1.92 bits per heavy atom. The van der Waals surface area contributed by atoms with Crippen molar-refractivity contribution in [2.45, 2.75) is 18.7 Å². The zero-order chi connectivity index (χ0) is 18.2. The number of ether oxygens (including phenoxy) is 1. The molecular formula is C14H20N6O3S. The van der Waals surface area contributed by atoms with Crippen molar-refractivity contribution >= 4 is 28.0 Å². The molecule has 0 aliphatic rings. The molecule has 10 heteroatoms. The molecule has 2 N–H and O–H groups in total. The number of rotatable bonds is 6. The van der Waals surface area contributed by atoms with Gasteiger partial charge < -0.3 is 20.9 Å². The minimum atomic E-state index is -4.01. The summed E-state index contributed by atoms with van der Waals surface area (Å²) in [6.45, 7) is 4.87. The van der Waals surface area contributed by atoms with Gasteiger partial charge in [-0.1, -0.05) is 0 Å². The van der Waals surface area contributed by atoms with Crippen molar-refractivity contribution in [2.75, 3.05) is 20.2 Å². The maximum absolute atomic E-state index is 12.2.